The van der Waals surface area contributed by atoms with Gasteiger partial charge in [-0.3, -0.25) is 4.98 Å². The third-order valence-corrected chi connectivity index (χ3v) is 9.36. The molecule has 3 heterocycles. The minimum absolute atomic E-state index is 0.581. The van der Waals surface area contributed by atoms with Crippen LogP contribution in [0.2, 0.25) is 0 Å². The van der Waals surface area contributed by atoms with Crippen LogP contribution in [0.15, 0.2) is 162 Å². The fraction of sp³-hybridized carbons (Fsp3) is 0. The molecule has 5 nitrogen and oxygen atoms in total. The molecule has 0 unspecified atom stereocenters. The lowest BCUT2D eigenvalue weighted by Gasteiger charge is -2.12. The van der Waals surface area contributed by atoms with E-state index in [2.05, 4.69) is 138 Å². The van der Waals surface area contributed by atoms with Gasteiger partial charge in [-0.05, 0) is 62.3 Å². The molecule has 0 saturated heterocycles. The monoisotopic (exact) mass is 626 g/mol. The summed E-state index contributed by atoms with van der Waals surface area (Å²) in [5, 5.41) is 7.69. The average molecular weight is 627 g/mol. The molecule has 3 aromatic heterocycles. The fourth-order valence-electron chi connectivity index (χ4n) is 6.97. The summed E-state index contributed by atoms with van der Waals surface area (Å²) in [4.78, 5) is 20.0. The van der Waals surface area contributed by atoms with Gasteiger partial charge in [-0.1, -0.05) is 127 Å². The van der Waals surface area contributed by atoms with Crippen LogP contribution in [0.3, 0.4) is 0 Å². The minimum Gasteiger partial charge on any atom is -0.454 e. The molecule has 228 valence electrons. The van der Waals surface area contributed by atoms with Crippen LogP contribution in [-0.4, -0.2) is 19.9 Å². The zero-order valence-electron chi connectivity index (χ0n) is 26.2. The standard InChI is InChI=1S/C44H26N4O/c1-2-10-32-26-33(22-17-27(32)8-1)43-46-42(31-20-18-29(19-21-31)35-14-5-11-28-9-3-4-13-34(28)35)47-44(48-43)36-15-6-12-30-23-24-37-40-38(16-7-25-45-40)49-41(37)39(30)36/h1-26H. The molecule has 0 fully saturated rings. The zero-order valence-corrected chi connectivity index (χ0v) is 26.2. The first-order valence-corrected chi connectivity index (χ1v) is 16.3. The molecule has 0 N–H and O–H groups in total. The molecule has 0 saturated carbocycles. The van der Waals surface area contributed by atoms with Gasteiger partial charge < -0.3 is 4.42 Å². The maximum Gasteiger partial charge on any atom is 0.164 e. The summed E-state index contributed by atoms with van der Waals surface area (Å²) >= 11 is 0. The number of hydrogen-bond acceptors (Lipinski definition) is 5. The highest BCUT2D eigenvalue weighted by molar-refractivity contribution is 6.17. The second-order valence-corrected chi connectivity index (χ2v) is 12.3. The van der Waals surface area contributed by atoms with Gasteiger partial charge in [0, 0.05) is 33.7 Å². The molecular formula is C44H26N4O. The number of aromatic nitrogens is 4. The zero-order chi connectivity index (χ0) is 32.3. The fourth-order valence-corrected chi connectivity index (χ4v) is 6.97. The SMILES string of the molecule is c1ccc2cc(-c3nc(-c4ccc(-c5cccc6ccccc56)cc4)nc(-c4cccc5ccc6c7ncccc7oc6c45)n3)ccc2c1. The first-order chi connectivity index (χ1) is 24.3. The Morgan fingerprint density at radius 3 is 1.94 bits per heavy atom. The van der Waals surface area contributed by atoms with Crippen molar-refractivity contribution in [2.24, 2.45) is 0 Å². The quantitative estimate of drug-likeness (QED) is 0.194. The maximum atomic E-state index is 6.46. The number of rotatable bonds is 4. The van der Waals surface area contributed by atoms with Gasteiger partial charge in [-0.25, -0.2) is 15.0 Å². The Morgan fingerprint density at radius 2 is 1.06 bits per heavy atom. The van der Waals surface area contributed by atoms with Crippen molar-refractivity contribution in [2.75, 3.05) is 0 Å². The van der Waals surface area contributed by atoms with Crippen LogP contribution in [0.1, 0.15) is 0 Å². The van der Waals surface area contributed by atoms with Crippen LogP contribution in [0.4, 0.5) is 0 Å². The molecule has 0 spiro atoms. The van der Waals surface area contributed by atoms with Gasteiger partial charge in [-0.2, -0.15) is 0 Å². The summed E-state index contributed by atoms with van der Waals surface area (Å²) in [6, 6.07) is 52.4. The van der Waals surface area contributed by atoms with Crippen LogP contribution in [0.25, 0.3) is 99.7 Å². The van der Waals surface area contributed by atoms with Gasteiger partial charge in [0.2, 0.25) is 0 Å². The molecule has 0 aliphatic rings. The molecule has 5 heteroatoms. The van der Waals surface area contributed by atoms with Gasteiger partial charge in [0.25, 0.3) is 0 Å². The van der Waals surface area contributed by atoms with E-state index < -0.39 is 0 Å². The highest BCUT2D eigenvalue weighted by Gasteiger charge is 2.19. The number of furan rings is 1. The van der Waals surface area contributed by atoms with Crippen LogP contribution in [-0.2, 0) is 0 Å². The Labute approximate surface area is 281 Å². The highest BCUT2D eigenvalue weighted by Crippen LogP contribution is 2.38. The van der Waals surface area contributed by atoms with E-state index in [4.69, 9.17) is 19.4 Å². The summed E-state index contributed by atoms with van der Waals surface area (Å²) < 4.78 is 6.46. The van der Waals surface area contributed by atoms with Crippen molar-refractivity contribution in [1.82, 2.24) is 19.9 Å². The Hall–Kier alpha value is -6.72. The second kappa shape index (κ2) is 10.9. The van der Waals surface area contributed by atoms with Crippen molar-refractivity contribution in [2.45, 2.75) is 0 Å². The van der Waals surface area contributed by atoms with Crippen molar-refractivity contribution in [3.8, 4) is 45.3 Å². The first-order valence-electron chi connectivity index (χ1n) is 16.3. The molecule has 0 aliphatic heterocycles. The number of pyridine rings is 1. The molecule has 49 heavy (non-hydrogen) atoms. The van der Waals surface area contributed by atoms with Crippen LogP contribution < -0.4 is 0 Å². The molecule has 0 atom stereocenters. The van der Waals surface area contributed by atoms with E-state index in [0.717, 1.165) is 60.5 Å². The van der Waals surface area contributed by atoms with Crippen molar-refractivity contribution >= 4 is 54.4 Å². The minimum atomic E-state index is 0.581. The summed E-state index contributed by atoms with van der Waals surface area (Å²) in [6.45, 7) is 0. The normalized spacial score (nSPS) is 11.7. The third-order valence-electron chi connectivity index (χ3n) is 9.36. The molecule has 10 rings (SSSR count). The van der Waals surface area contributed by atoms with Gasteiger partial charge in [-0.15, -0.1) is 0 Å². The molecule has 0 aliphatic carbocycles. The lowest BCUT2D eigenvalue weighted by atomic mass is 9.97. The molecule has 0 radical (unpaired) electrons. The average Bonchev–Trinajstić information content (AvgIpc) is 3.56. The Balaban J connectivity index is 1.18. The smallest absolute Gasteiger partial charge is 0.164 e. The van der Waals surface area contributed by atoms with E-state index in [1.54, 1.807) is 6.20 Å². The first kappa shape index (κ1) is 27.4. The second-order valence-electron chi connectivity index (χ2n) is 12.3. The van der Waals surface area contributed by atoms with Gasteiger partial charge >= 0.3 is 0 Å². The lowest BCUT2D eigenvalue weighted by molar-refractivity contribution is 0.672. The van der Waals surface area contributed by atoms with E-state index in [1.807, 2.05) is 18.2 Å². The Kier molecular flexibility index (Phi) is 6.11. The highest BCUT2D eigenvalue weighted by atomic mass is 16.3. The lowest BCUT2D eigenvalue weighted by Crippen LogP contribution is -2.00. The topological polar surface area (TPSA) is 64.7 Å². The molecular weight excluding hydrogens is 601 g/mol. The van der Waals surface area contributed by atoms with Crippen molar-refractivity contribution in [3.63, 3.8) is 0 Å². The van der Waals surface area contributed by atoms with Crippen LogP contribution in [0, 0.1) is 0 Å². The summed E-state index contributed by atoms with van der Waals surface area (Å²) in [7, 11) is 0. The predicted molar refractivity (Wildman–Crippen MR) is 199 cm³/mol. The molecule has 10 aromatic rings. The maximum absolute atomic E-state index is 6.46. The molecule has 0 bridgehead atoms. The van der Waals surface area contributed by atoms with Gasteiger partial charge in [0.1, 0.15) is 11.1 Å². The van der Waals surface area contributed by atoms with E-state index in [9.17, 15) is 0 Å². The van der Waals surface area contributed by atoms with E-state index in [-0.39, 0.29) is 0 Å². The van der Waals surface area contributed by atoms with Crippen molar-refractivity contribution in [3.05, 3.63) is 158 Å². The van der Waals surface area contributed by atoms with Crippen molar-refractivity contribution < 1.29 is 4.42 Å². The molecule has 0 amide bonds. The van der Waals surface area contributed by atoms with Gasteiger partial charge in [0.15, 0.2) is 23.1 Å². The van der Waals surface area contributed by atoms with Crippen molar-refractivity contribution in [1.29, 1.82) is 0 Å². The molecule has 7 aromatic carbocycles. The number of nitrogens with zero attached hydrogens (tertiary/aromatic N) is 4. The summed E-state index contributed by atoms with van der Waals surface area (Å²) in [5.41, 5.74) is 7.41. The third kappa shape index (κ3) is 4.55. The number of hydrogen-bond donors (Lipinski definition) is 0. The Bertz CT molecular complexity index is 2890. The van der Waals surface area contributed by atoms with Crippen LogP contribution in [0.5, 0.6) is 0 Å². The van der Waals surface area contributed by atoms with Gasteiger partial charge in [0.05, 0.1) is 0 Å². The Morgan fingerprint density at radius 1 is 0.408 bits per heavy atom. The summed E-state index contributed by atoms with van der Waals surface area (Å²) in [6.07, 6.45) is 1.80. The van der Waals surface area contributed by atoms with E-state index >= 15 is 0 Å². The number of benzene rings is 7. The van der Waals surface area contributed by atoms with E-state index in [0.29, 0.717) is 17.5 Å². The largest absolute Gasteiger partial charge is 0.454 e. The predicted octanol–water partition coefficient (Wildman–Crippen LogP) is 11.3. The van der Waals surface area contributed by atoms with Crippen LogP contribution >= 0.6 is 0 Å². The number of fused-ring (bicyclic) bond motifs is 7. The van der Waals surface area contributed by atoms with E-state index in [1.165, 1.54) is 21.7 Å². The summed E-state index contributed by atoms with van der Waals surface area (Å²) in [5.74, 6) is 1.80.